The topological polar surface area (TPSA) is 83.5 Å². The van der Waals surface area contributed by atoms with E-state index >= 15 is 0 Å². The first-order chi connectivity index (χ1) is 10.3. The van der Waals surface area contributed by atoms with Gasteiger partial charge in [-0.25, -0.2) is 0 Å². The number of nitrogens with two attached hydrogens (primary N) is 1. The molecule has 110 valence electrons. The molecule has 0 saturated carbocycles. The molecule has 21 heavy (non-hydrogen) atoms. The molecule has 3 rings (SSSR count). The third kappa shape index (κ3) is 3.06. The number of oxime groups is 1. The third-order valence-electron chi connectivity index (χ3n) is 3.65. The second kappa shape index (κ2) is 6.24. The Balaban J connectivity index is 1.62. The maximum atomic E-state index is 8.79. The van der Waals surface area contributed by atoms with Gasteiger partial charge in [0.05, 0.1) is 0 Å². The van der Waals surface area contributed by atoms with Crippen LogP contribution in [-0.2, 0) is 25.9 Å². The second-order valence-electron chi connectivity index (χ2n) is 5.11. The average molecular weight is 302 g/mol. The van der Waals surface area contributed by atoms with Crippen molar-refractivity contribution in [3.8, 4) is 0 Å². The van der Waals surface area contributed by atoms with Gasteiger partial charge in [-0.05, 0) is 42.5 Å². The van der Waals surface area contributed by atoms with Gasteiger partial charge in [-0.3, -0.25) is 4.98 Å². The maximum Gasteiger partial charge on any atom is 0.189 e. The number of fused-ring (bicyclic) bond motifs is 1. The lowest BCUT2D eigenvalue weighted by molar-refractivity contribution is 0.318. The van der Waals surface area contributed by atoms with Crippen molar-refractivity contribution in [1.29, 1.82) is 0 Å². The summed E-state index contributed by atoms with van der Waals surface area (Å²) in [6, 6.07) is 6.10. The predicted octanol–water partition coefficient (Wildman–Crippen LogP) is 2.02. The molecule has 0 aromatic carbocycles. The molecule has 0 amide bonds. The summed E-state index contributed by atoms with van der Waals surface area (Å²) in [4.78, 5) is 7.08. The van der Waals surface area contributed by atoms with Crippen molar-refractivity contribution in [2.24, 2.45) is 10.9 Å². The Morgan fingerprint density at radius 3 is 3.14 bits per heavy atom. The summed E-state index contributed by atoms with van der Waals surface area (Å²) in [5.74, 6) is 0.0440. The predicted molar refractivity (Wildman–Crippen MR) is 83.6 cm³/mol. The molecule has 0 radical (unpaired) electrons. The number of rotatable bonds is 5. The van der Waals surface area contributed by atoms with Crippen LogP contribution in [0.15, 0.2) is 29.6 Å². The van der Waals surface area contributed by atoms with Crippen LogP contribution < -0.4 is 11.1 Å². The van der Waals surface area contributed by atoms with Crippen molar-refractivity contribution in [1.82, 2.24) is 10.3 Å². The van der Waals surface area contributed by atoms with Gasteiger partial charge in [-0.15, -0.1) is 11.3 Å². The minimum absolute atomic E-state index is 0.0440. The summed E-state index contributed by atoms with van der Waals surface area (Å²) in [7, 11) is 0. The van der Waals surface area contributed by atoms with E-state index in [-0.39, 0.29) is 5.84 Å². The Morgan fingerprint density at radius 1 is 1.43 bits per heavy atom. The lowest BCUT2D eigenvalue weighted by atomic mass is 10.2. The lowest BCUT2D eigenvalue weighted by Gasteiger charge is -2.08. The molecule has 1 aliphatic carbocycles. The van der Waals surface area contributed by atoms with E-state index in [0.717, 1.165) is 12.1 Å². The standard InChI is InChI=1S/C15H18N4OS/c16-15(19-20)14-11(4-2-6-18-14)8-17-9-12-7-10-3-1-5-13(10)21-12/h2,4,6-7,17,20H,1,3,5,8-9H2,(H2,16,19). The molecule has 0 unspecified atom stereocenters. The second-order valence-corrected chi connectivity index (χ2v) is 6.34. The maximum absolute atomic E-state index is 8.79. The molecule has 2 aromatic rings. The molecule has 6 heteroatoms. The molecule has 0 bridgehead atoms. The molecule has 0 atom stereocenters. The Labute approximate surface area is 127 Å². The highest BCUT2D eigenvalue weighted by Gasteiger charge is 2.14. The zero-order chi connectivity index (χ0) is 14.7. The van der Waals surface area contributed by atoms with Crippen molar-refractivity contribution in [2.75, 3.05) is 0 Å². The fourth-order valence-electron chi connectivity index (χ4n) is 2.66. The number of hydrogen-bond acceptors (Lipinski definition) is 5. The van der Waals surface area contributed by atoms with E-state index in [0.29, 0.717) is 12.2 Å². The van der Waals surface area contributed by atoms with Crippen LogP contribution in [0.3, 0.4) is 0 Å². The van der Waals surface area contributed by atoms with E-state index in [2.05, 4.69) is 21.5 Å². The van der Waals surface area contributed by atoms with Crippen LogP contribution >= 0.6 is 11.3 Å². The van der Waals surface area contributed by atoms with Crippen LogP contribution in [0.2, 0.25) is 0 Å². The molecule has 0 fully saturated rings. The minimum atomic E-state index is 0.0440. The molecule has 0 spiro atoms. The van der Waals surface area contributed by atoms with E-state index in [4.69, 9.17) is 10.9 Å². The van der Waals surface area contributed by atoms with Gasteiger partial charge >= 0.3 is 0 Å². The van der Waals surface area contributed by atoms with Crippen LogP contribution in [-0.4, -0.2) is 16.0 Å². The SMILES string of the molecule is NC(=NO)c1ncccc1CNCc1cc2c(s1)CCC2. The van der Waals surface area contributed by atoms with E-state index in [9.17, 15) is 0 Å². The zero-order valence-electron chi connectivity index (χ0n) is 11.7. The van der Waals surface area contributed by atoms with Crippen LogP contribution in [0.1, 0.15) is 33.0 Å². The van der Waals surface area contributed by atoms with Gasteiger partial charge in [0.1, 0.15) is 5.69 Å². The Morgan fingerprint density at radius 2 is 2.33 bits per heavy atom. The normalized spacial score (nSPS) is 14.4. The van der Waals surface area contributed by atoms with Gasteiger partial charge in [-0.2, -0.15) is 0 Å². The highest BCUT2D eigenvalue weighted by molar-refractivity contribution is 7.12. The molecular formula is C15H18N4OS. The van der Waals surface area contributed by atoms with Gasteiger partial charge in [0.15, 0.2) is 5.84 Å². The summed E-state index contributed by atoms with van der Waals surface area (Å²) in [5.41, 5.74) is 8.62. The molecule has 5 nitrogen and oxygen atoms in total. The summed E-state index contributed by atoms with van der Waals surface area (Å²) in [6.45, 7) is 1.48. The fourth-order valence-corrected chi connectivity index (χ4v) is 3.89. The highest BCUT2D eigenvalue weighted by atomic mass is 32.1. The zero-order valence-corrected chi connectivity index (χ0v) is 12.5. The van der Waals surface area contributed by atoms with Gasteiger partial charge in [0.2, 0.25) is 0 Å². The summed E-state index contributed by atoms with van der Waals surface area (Å²) in [5, 5.41) is 15.2. The number of hydrogen-bond donors (Lipinski definition) is 3. The molecule has 2 aromatic heterocycles. The van der Waals surface area contributed by atoms with E-state index in [1.807, 2.05) is 23.5 Å². The summed E-state index contributed by atoms with van der Waals surface area (Å²) >= 11 is 1.91. The third-order valence-corrected chi connectivity index (χ3v) is 4.89. The molecule has 2 heterocycles. The lowest BCUT2D eigenvalue weighted by Crippen LogP contribution is -2.21. The first-order valence-corrected chi connectivity index (χ1v) is 7.82. The van der Waals surface area contributed by atoms with Gasteiger partial charge in [-0.1, -0.05) is 11.2 Å². The molecule has 1 aliphatic rings. The quantitative estimate of drug-likeness (QED) is 0.341. The number of pyridine rings is 1. The van der Waals surface area contributed by atoms with Crippen molar-refractivity contribution in [3.63, 3.8) is 0 Å². The van der Waals surface area contributed by atoms with Gasteiger partial charge in [0.25, 0.3) is 0 Å². The van der Waals surface area contributed by atoms with Crippen molar-refractivity contribution in [2.45, 2.75) is 32.4 Å². The Bertz CT molecular complexity index is 644. The fraction of sp³-hybridized carbons (Fsp3) is 0.333. The molecule has 0 aliphatic heterocycles. The highest BCUT2D eigenvalue weighted by Crippen LogP contribution is 2.30. The van der Waals surface area contributed by atoms with Crippen molar-refractivity contribution in [3.05, 3.63) is 51.0 Å². The van der Waals surface area contributed by atoms with Crippen LogP contribution in [0.25, 0.3) is 0 Å². The summed E-state index contributed by atoms with van der Waals surface area (Å²) in [6.07, 6.45) is 5.40. The van der Waals surface area contributed by atoms with E-state index in [1.165, 1.54) is 29.7 Å². The Hall–Kier alpha value is -1.92. The molecule has 0 saturated heterocycles. The molecular weight excluding hydrogens is 284 g/mol. The Kier molecular flexibility index (Phi) is 4.17. The van der Waals surface area contributed by atoms with Crippen molar-refractivity contribution < 1.29 is 5.21 Å². The van der Waals surface area contributed by atoms with Gasteiger partial charge in [0, 0.05) is 29.0 Å². The first-order valence-electron chi connectivity index (χ1n) is 7.01. The van der Waals surface area contributed by atoms with Crippen LogP contribution in [0, 0.1) is 0 Å². The number of nitrogens with zero attached hydrogens (tertiary/aromatic N) is 2. The largest absolute Gasteiger partial charge is 0.409 e. The number of aromatic nitrogens is 1. The van der Waals surface area contributed by atoms with Gasteiger partial charge < -0.3 is 16.3 Å². The van der Waals surface area contributed by atoms with E-state index < -0.39 is 0 Å². The molecule has 4 N–H and O–H groups in total. The van der Waals surface area contributed by atoms with Crippen molar-refractivity contribution >= 4 is 17.2 Å². The summed E-state index contributed by atoms with van der Waals surface area (Å²) < 4.78 is 0. The number of nitrogens with one attached hydrogen (secondary N) is 1. The van der Waals surface area contributed by atoms with Crippen LogP contribution in [0.5, 0.6) is 0 Å². The number of thiophene rings is 1. The van der Waals surface area contributed by atoms with E-state index in [1.54, 1.807) is 11.1 Å². The minimum Gasteiger partial charge on any atom is -0.409 e. The average Bonchev–Trinajstić information content (AvgIpc) is 3.08. The monoisotopic (exact) mass is 302 g/mol. The number of amidine groups is 1. The first kappa shape index (κ1) is 14.0. The van der Waals surface area contributed by atoms with Crippen LogP contribution in [0.4, 0.5) is 0 Å². The number of aryl methyl sites for hydroxylation is 2. The smallest absolute Gasteiger partial charge is 0.189 e.